The van der Waals surface area contributed by atoms with Crippen LogP contribution in [0.15, 0.2) is 24.3 Å². The van der Waals surface area contributed by atoms with Crippen LogP contribution in [0.2, 0.25) is 0 Å². The summed E-state index contributed by atoms with van der Waals surface area (Å²) in [5, 5.41) is 0. The summed E-state index contributed by atoms with van der Waals surface area (Å²) in [5.74, 6) is 2.22. The lowest BCUT2D eigenvalue weighted by molar-refractivity contribution is -0.157. The van der Waals surface area contributed by atoms with E-state index in [1.165, 1.54) is 49.7 Å². The van der Waals surface area contributed by atoms with Gasteiger partial charge in [0.1, 0.15) is 0 Å². The third-order valence-corrected chi connectivity index (χ3v) is 6.37. The molecule has 0 spiro atoms. The molecule has 1 saturated carbocycles. The van der Waals surface area contributed by atoms with Crippen LogP contribution < -0.4 is 0 Å². The van der Waals surface area contributed by atoms with Crippen molar-refractivity contribution in [2.24, 2.45) is 11.8 Å². The third kappa shape index (κ3) is 5.31. The van der Waals surface area contributed by atoms with Crippen molar-refractivity contribution in [2.45, 2.75) is 83.8 Å². The van der Waals surface area contributed by atoms with Crippen molar-refractivity contribution < 1.29 is 9.47 Å². The summed E-state index contributed by atoms with van der Waals surface area (Å²) in [6.45, 7) is 8.32. The summed E-state index contributed by atoms with van der Waals surface area (Å²) in [4.78, 5) is 0. The van der Waals surface area contributed by atoms with Crippen LogP contribution in [0.3, 0.4) is 0 Å². The van der Waals surface area contributed by atoms with Gasteiger partial charge in [-0.05, 0) is 49.5 Å². The van der Waals surface area contributed by atoms with Crippen molar-refractivity contribution in [2.75, 3.05) is 13.2 Å². The second-order valence-electron chi connectivity index (χ2n) is 8.44. The van der Waals surface area contributed by atoms with Crippen molar-refractivity contribution >= 4 is 0 Å². The molecule has 0 aromatic heterocycles. The van der Waals surface area contributed by atoms with E-state index in [-0.39, 0.29) is 6.10 Å². The zero-order valence-corrected chi connectivity index (χ0v) is 16.4. The Kier molecular flexibility index (Phi) is 6.95. The average molecular weight is 345 g/mol. The quantitative estimate of drug-likeness (QED) is 0.641. The SMILES string of the molecule is CCCC1CCC(C2COC(C[C@@H](C)c3ccc(C)cc3)CO2)CC1. The molecule has 1 aromatic carbocycles. The molecule has 140 valence electrons. The molecule has 1 aliphatic heterocycles. The zero-order chi connectivity index (χ0) is 17.6. The van der Waals surface area contributed by atoms with Crippen LogP contribution in [-0.2, 0) is 9.47 Å². The van der Waals surface area contributed by atoms with E-state index in [0.717, 1.165) is 31.5 Å². The predicted molar refractivity (Wildman–Crippen MR) is 104 cm³/mol. The molecule has 1 heterocycles. The minimum absolute atomic E-state index is 0.254. The highest BCUT2D eigenvalue weighted by Gasteiger charge is 2.32. The van der Waals surface area contributed by atoms with E-state index in [9.17, 15) is 0 Å². The Labute approximate surface area is 154 Å². The normalized spacial score (nSPS) is 31.6. The Morgan fingerprint density at radius 1 is 1.00 bits per heavy atom. The Morgan fingerprint density at radius 3 is 2.32 bits per heavy atom. The van der Waals surface area contributed by atoms with E-state index >= 15 is 0 Å². The molecular formula is C23H36O2. The van der Waals surface area contributed by atoms with Crippen LogP contribution in [-0.4, -0.2) is 25.4 Å². The van der Waals surface area contributed by atoms with Gasteiger partial charge in [0.25, 0.3) is 0 Å². The van der Waals surface area contributed by atoms with Crippen LogP contribution in [0, 0.1) is 18.8 Å². The van der Waals surface area contributed by atoms with Gasteiger partial charge in [0.2, 0.25) is 0 Å². The van der Waals surface area contributed by atoms with Gasteiger partial charge in [-0.2, -0.15) is 0 Å². The maximum Gasteiger partial charge on any atom is 0.0838 e. The molecule has 2 fully saturated rings. The minimum atomic E-state index is 0.254. The van der Waals surface area contributed by atoms with Crippen LogP contribution >= 0.6 is 0 Å². The van der Waals surface area contributed by atoms with Gasteiger partial charge in [-0.3, -0.25) is 0 Å². The summed E-state index contributed by atoms with van der Waals surface area (Å²) in [6, 6.07) is 8.91. The van der Waals surface area contributed by atoms with E-state index in [4.69, 9.17) is 9.47 Å². The highest BCUT2D eigenvalue weighted by molar-refractivity contribution is 5.24. The smallest absolute Gasteiger partial charge is 0.0838 e. The molecule has 2 nitrogen and oxygen atoms in total. The molecule has 2 unspecified atom stereocenters. The molecule has 2 heteroatoms. The van der Waals surface area contributed by atoms with Gasteiger partial charge in [0, 0.05) is 0 Å². The molecule has 1 aromatic rings. The maximum absolute atomic E-state index is 6.26. The second-order valence-corrected chi connectivity index (χ2v) is 8.44. The van der Waals surface area contributed by atoms with Gasteiger partial charge in [-0.15, -0.1) is 0 Å². The molecule has 0 amide bonds. The zero-order valence-electron chi connectivity index (χ0n) is 16.4. The highest BCUT2D eigenvalue weighted by atomic mass is 16.6. The molecule has 3 rings (SSSR count). The number of benzene rings is 1. The van der Waals surface area contributed by atoms with E-state index in [1.807, 2.05) is 0 Å². The molecule has 0 radical (unpaired) electrons. The van der Waals surface area contributed by atoms with Crippen LogP contribution in [0.5, 0.6) is 0 Å². The molecular weight excluding hydrogens is 308 g/mol. The van der Waals surface area contributed by atoms with Gasteiger partial charge in [-0.1, -0.05) is 69.4 Å². The number of hydrogen-bond acceptors (Lipinski definition) is 2. The Bertz CT molecular complexity index is 493. The van der Waals surface area contributed by atoms with Gasteiger partial charge >= 0.3 is 0 Å². The van der Waals surface area contributed by atoms with E-state index in [0.29, 0.717) is 12.0 Å². The summed E-state index contributed by atoms with van der Waals surface area (Å²) < 4.78 is 12.5. The first-order chi connectivity index (χ1) is 12.2. The summed E-state index contributed by atoms with van der Waals surface area (Å²) >= 11 is 0. The summed E-state index contributed by atoms with van der Waals surface area (Å²) in [6.07, 6.45) is 9.86. The number of aryl methyl sites for hydroxylation is 1. The Morgan fingerprint density at radius 2 is 1.72 bits per heavy atom. The number of hydrogen-bond donors (Lipinski definition) is 0. The van der Waals surface area contributed by atoms with E-state index in [2.05, 4.69) is 45.0 Å². The van der Waals surface area contributed by atoms with Crippen molar-refractivity contribution in [3.05, 3.63) is 35.4 Å². The van der Waals surface area contributed by atoms with Gasteiger partial charge < -0.3 is 9.47 Å². The predicted octanol–water partition coefficient (Wildman–Crippen LogP) is 5.88. The first kappa shape index (κ1) is 18.9. The molecule has 1 saturated heterocycles. The first-order valence-corrected chi connectivity index (χ1v) is 10.5. The fourth-order valence-electron chi connectivity index (χ4n) is 4.65. The topological polar surface area (TPSA) is 18.5 Å². The van der Waals surface area contributed by atoms with Crippen molar-refractivity contribution in [1.82, 2.24) is 0 Å². The van der Waals surface area contributed by atoms with E-state index in [1.54, 1.807) is 0 Å². The Balaban J connectivity index is 1.41. The lowest BCUT2D eigenvalue weighted by Gasteiger charge is -2.38. The standard InChI is InChI=1S/C23H36O2/c1-4-5-19-8-12-21(13-9-19)23-16-24-22(15-25-23)14-18(3)20-10-6-17(2)7-11-20/h6-7,10-11,18-19,21-23H,4-5,8-9,12-16H2,1-3H3/t18-,19?,21?,22?,23?/m1/s1. The number of ether oxygens (including phenoxy) is 2. The van der Waals surface area contributed by atoms with Crippen LogP contribution in [0.4, 0.5) is 0 Å². The second kappa shape index (κ2) is 9.19. The lowest BCUT2D eigenvalue weighted by Crippen LogP contribution is -2.41. The number of rotatable bonds is 6. The van der Waals surface area contributed by atoms with Crippen LogP contribution in [0.1, 0.15) is 75.8 Å². The fourth-order valence-corrected chi connectivity index (χ4v) is 4.65. The van der Waals surface area contributed by atoms with Gasteiger partial charge in [0.05, 0.1) is 25.4 Å². The van der Waals surface area contributed by atoms with E-state index < -0.39 is 0 Å². The molecule has 3 atom stereocenters. The molecule has 0 N–H and O–H groups in total. The Hall–Kier alpha value is -0.860. The largest absolute Gasteiger partial charge is 0.373 e. The first-order valence-electron chi connectivity index (χ1n) is 10.5. The molecule has 2 aliphatic rings. The average Bonchev–Trinajstić information content (AvgIpc) is 2.64. The maximum atomic E-state index is 6.26. The third-order valence-electron chi connectivity index (χ3n) is 6.37. The summed E-state index contributed by atoms with van der Waals surface area (Å²) in [7, 11) is 0. The summed E-state index contributed by atoms with van der Waals surface area (Å²) in [5.41, 5.74) is 2.73. The van der Waals surface area contributed by atoms with Crippen LogP contribution in [0.25, 0.3) is 0 Å². The van der Waals surface area contributed by atoms with Crippen molar-refractivity contribution in [3.63, 3.8) is 0 Å². The molecule has 25 heavy (non-hydrogen) atoms. The monoisotopic (exact) mass is 344 g/mol. The minimum Gasteiger partial charge on any atom is -0.373 e. The van der Waals surface area contributed by atoms with Crippen molar-refractivity contribution in [3.8, 4) is 0 Å². The molecule has 0 bridgehead atoms. The van der Waals surface area contributed by atoms with Gasteiger partial charge in [-0.25, -0.2) is 0 Å². The lowest BCUT2D eigenvalue weighted by atomic mass is 9.78. The van der Waals surface area contributed by atoms with Crippen molar-refractivity contribution in [1.29, 1.82) is 0 Å². The van der Waals surface area contributed by atoms with Gasteiger partial charge in [0.15, 0.2) is 0 Å². The molecule has 1 aliphatic carbocycles. The fraction of sp³-hybridized carbons (Fsp3) is 0.739. The highest BCUT2D eigenvalue weighted by Crippen LogP contribution is 2.35.